The maximum Gasteiger partial charge on any atom is 0.228 e. The third-order valence-corrected chi connectivity index (χ3v) is 4.22. The zero-order valence-electron chi connectivity index (χ0n) is 9.16. The molecule has 14 heavy (non-hydrogen) atoms. The topological polar surface area (TPSA) is 70.0 Å². The average molecular weight is 218 g/mol. The molecule has 5 heteroatoms. The molecular formula is C9H18N2O2S. The highest BCUT2D eigenvalue weighted by molar-refractivity contribution is 7.90. The van der Waals surface area contributed by atoms with E-state index in [-0.39, 0.29) is 0 Å². The molecule has 1 atom stereocenters. The van der Waals surface area contributed by atoms with Crippen molar-refractivity contribution in [2.75, 3.05) is 0 Å². The predicted octanol–water partition coefficient (Wildman–Crippen LogP) is 1.40. The van der Waals surface area contributed by atoms with Gasteiger partial charge in [0.1, 0.15) is 0 Å². The summed E-state index contributed by atoms with van der Waals surface area (Å²) in [4.78, 5) is 0. The summed E-state index contributed by atoms with van der Waals surface area (Å²) in [7, 11) is -3.50. The Morgan fingerprint density at radius 1 is 1.43 bits per heavy atom. The molecule has 0 spiro atoms. The monoisotopic (exact) mass is 218 g/mol. The van der Waals surface area contributed by atoms with Gasteiger partial charge in [-0.2, -0.15) is 5.26 Å². The van der Waals surface area contributed by atoms with Crippen LogP contribution in [0.3, 0.4) is 0 Å². The lowest BCUT2D eigenvalue weighted by Crippen LogP contribution is -2.46. The van der Waals surface area contributed by atoms with E-state index in [0.29, 0.717) is 12.8 Å². The van der Waals surface area contributed by atoms with Crippen molar-refractivity contribution < 1.29 is 8.42 Å². The molecule has 0 rings (SSSR count). The Labute approximate surface area is 86.4 Å². The van der Waals surface area contributed by atoms with Crippen molar-refractivity contribution in [1.82, 2.24) is 4.72 Å². The number of hydrogen-bond acceptors (Lipinski definition) is 3. The smallest absolute Gasteiger partial charge is 0.211 e. The summed E-state index contributed by atoms with van der Waals surface area (Å²) in [6, 6.07) is 1.79. The first-order valence-corrected chi connectivity index (χ1v) is 6.26. The molecule has 0 aromatic rings. The van der Waals surface area contributed by atoms with Gasteiger partial charge < -0.3 is 0 Å². The summed E-state index contributed by atoms with van der Waals surface area (Å²) in [5.74, 6) is 0. The summed E-state index contributed by atoms with van der Waals surface area (Å²) in [5, 5.41) is 7.71. The summed E-state index contributed by atoms with van der Waals surface area (Å²) >= 11 is 0. The zero-order chi connectivity index (χ0) is 11.4. The van der Waals surface area contributed by atoms with Crippen LogP contribution in [-0.2, 0) is 10.0 Å². The summed E-state index contributed by atoms with van der Waals surface area (Å²) in [6.45, 7) is 7.19. The van der Waals surface area contributed by atoms with Gasteiger partial charge in [0, 0.05) is 5.54 Å². The Balaban J connectivity index is 4.76. The van der Waals surface area contributed by atoms with Gasteiger partial charge in [0.2, 0.25) is 10.0 Å². The third-order valence-electron chi connectivity index (χ3n) is 2.19. The van der Waals surface area contributed by atoms with Gasteiger partial charge in [-0.05, 0) is 26.7 Å². The second-order valence-electron chi connectivity index (χ2n) is 3.91. The van der Waals surface area contributed by atoms with Crippen LogP contribution in [0.5, 0.6) is 0 Å². The Hall–Kier alpha value is -0.600. The normalized spacial score (nSPS) is 14.8. The van der Waals surface area contributed by atoms with E-state index in [4.69, 9.17) is 5.26 Å². The van der Waals surface area contributed by atoms with E-state index in [9.17, 15) is 8.42 Å². The van der Waals surface area contributed by atoms with Gasteiger partial charge in [0.05, 0.1) is 6.07 Å². The highest BCUT2D eigenvalue weighted by Crippen LogP contribution is 2.12. The van der Waals surface area contributed by atoms with Gasteiger partial charge >= 0.3 is 0 Å². The fourth-order valence-electron chi connectivity index (χ4n) is 0.908. The molecule has 0 aromatic heterocycles. The molecule has 0 fully saturated rings. The van der Waals surface area contributed by atoms with E-state index < -0.39 is 20.8 Å². The maximum absolute atomic E-state index is 11.6. The van der Waals surface area contributed by atoms with Crippen LogP contribution in [0.15, 0.2) is 0 Å². The number of sulfonamides is 1. The van der Waals surface area contributed by atoms with Gasteiger partial charge in [-0.25, -0.2) is 13.1 Å². The van der Waals surface area contributed by atoms with Crippen molar-refractivity contribution in [1.29, 1.82) is 5.26 Å². The largest absolute Gasteiger partial charge is 0.228 e. The molecule has 0 aliphatic heterocycles. The molecule has 1 unspecified atom stereocenters. The number of rotatable bonds is 5. The van der Waals surface area contributed by atoms with Crippen molar-refractivity contribution in [3.05, 3.63) is 0 Å². The third kappa shape index (κ3) is 3.64. The molecule has 0 saturated carbocycles. The van der Waals surface area contributed by atoms with E-state index in [1.54, 1.807) is 26.8 Å². The van der Waals surface area contributed by atoms with Crippen LogP contribution in [0.4, 0.5) is 0 Å². The maximum atomic E-state index is 11.6. The Bertz CT molecular complexity index is 314. The van der Waals surface area contributed by atoms with Crippen LogP contribution in [-0.4, -0.2) is 19.2 Å². The minimum Gasteiger partial charge on any atom is -0.211 e. The van der Waals surface area contributed by atoms with Gasteiger partial charge in [0.25, 0.3) is 0 Å². The van der Waals surface area contributed by atoms with E-state index in [1.807, 2.05) is 6.92 Å². The summed E-state index contributed by atoms with van der Waals surface area (Å²) in [6.07, 6.45) is 1.000. The van der Waals surface area contributed by atoms with Crippen molar-refractivity contribution >= 4 is 10.0 Å². The first-order valence-electron chi connectivity index (χ1n) is 4.71. The average Bonchev–Trinajstić information content (AvgIpc) is 2.04. The SMILES string of the molecule is CCC(C#N)S(=O)(=O)NC(C)(C)CC. The Kier molecular flexibility index (Phi) is 4.56. The van der Waals surface area contributed by atoms with Gasteiger partial charge in [-0.15, -0.1) is 0 Å². The van der Waals surface area contributed by atoms with Crippen LogP contribution < -0.4 is 4.72 Å². The van der Waals surface area contributed by atoms with Crippen LogP contribution >= 0.6 is 0 Å². The van der Waals surface area contributed by atoms with E-state index in [0.717, 1.165) is 0 Å². The second-order valence-corrected chi connectivity index (χ2v) is 5.77. The van der Waals surface area contributed by atoms with Gasteiger partial charge in [-0.1, -0.05) is 13.8 Å². The van der Waals surface area contributed by atoms with Gasteiger partial charge in [-0.3, -0.25) is 0 Å². The first-order chi connectivity index (χ1) is 6.29. The van der Waals surface area contributed by atoms with Crippen molar-refractivity contribution in [3.63, 3.8) is 0 Å². The first kappa shape index (κ1) is 13.4. The predicted molar refractivity (Wildman–Crippen MR) is 56.1 cm³/mol. The molecule has 0 heterocycles. The molecular weight excluding hydrogens is 200 g/mol. The second kappa shape index (κ2) is 4.76. The van der Waals surface area contributed by atoms with Crippen LogP contribution in [0.1, 0.15) is 40.5 Å². The van der Waals surface area contributed by atoms with E-state index in [1.165, 1.54) is 0 Å². The van der Waals surface area contributed by atoms with Gasteiger partial charge in [0.15, 0.2) is 5.25 Å². The molecule has 0 aromatic carbocycles. The quantitative estimate of drug-likeness (QED) is 0.758. The van der Waals surface area contributed by atoms with Crippen molar-refractivity contribution in [2.45, 2.75) is 51.3 Å². The standard InChI is InChI=1S/C9H18N2O2S/c1-5-8(7-10)14(12,13)11-9(3,4)6-2/h8,11H,5-6H2,1-4H3. The fourth-order valence-corrected chi connectivity index (χ4v) is 2.54. The Morgan fingerprint density at radius 2 is 1.93 bits per heavy atom. The lowest BCUT2D eigenvalue weighted by molar-refractivity contribution is 0.437. The van der Waals surface area contributed by atoms with Crippen molar-refractivity contribution in [2.24, 2.45) is 0 Å². The Morgan fingerprint density at radius 3 is 2.21 bits per heavy atom. The lowest BCUT2D eigenvalue weighted by Gasteiger charge is -2.25. The molecule has 0 bridgehead atoms. The lowest BCUT2D eigenvalue weighted by atomic mass is 10.0. The molecule has 0 aliphatic carbocycles. The van der Waals surface area contributed by atoms with E-state index >= 15 is 0 Å². The molecule has 0 aliphatic rings. The molecule has 4 nitrogen and oxygen atoms in total. The van der Waals surface area contributed by atoms with Crippen LogP contribution in [0, 0.1) is 11.3 Å². The highest BCUT2D eigenvalue weighted by Gasteiger charge is 2.29. The van der Waals surface area contributed by atoms with E-state index in [2.05, 4.69) is 4.72 Å². The van der Waals surface area contributed by atoms with Crippen LogP contribution in [0.2, 0.25) is 0 Å². The highest BCUT2D eigenvalue weighted by atomic mass is 32.2. The fraction of sp³-hybridized carbons (Fsp3) is 0.889. The molecule has 1 N–H and O–H groups in total. The number of nitriles is 1. The minimum absolute atomic E-state index is 0.311. The molecule has 0 radical (unpaired) electrons. The summed E-state index contributed by atoms with van der Waals surface area (Å²) in [5.41, 5.74) is -0.483. The zero-order valence-corrected chi connectivity index (χ0v) is 9.98. The summed E-state index contributed by atoms with van der Waals surface area (Å²) < 4.78 is 25.8. The molecule has 0 amide bonds. The number of hydrogen-bond donors (Lipinski definition) is 1. The molecule has 0 saturated heterocycles. The molecule has 82 valence electrons. The number of nitrogens with one attached hydrogen (secondary N) is 1. The van der Waals surface area contributed by atoms with Crippen molar-refractivity contribution in [3.8, 4) is 6.07 Å². The number of nitrogens with zero attached hydrogens (tertiary/aromatic N) is 1. The minimum atomic E-state index is -3.50. The van der Waals surface area contributed by atoms with Crippen LogP contribution in [0.25, 0.3) is 0 Å².